The predicted molar refractivity (Wildman–Crippen MR) is 107 cm³/mol. The molecular weight excluding hydrogens is 397 g/mol. The van der Waals surface area contributed by atoms with E-state index in [1.165, 1.54) is 4.57 Å². The Bertz CT molecular complexity index is 1230. The van der Waals surface area contributed by atoms with Crippen LogP contribution >= 0.6 is 0 Å². The van der Waals surface area contributed by atoms with Crippen LogP contribution in [-0.4, -0.2) is 19.5 Å². The number of pyridine rings is 2. The zero-order valence-electron chi connectivity index (χ0n) is 15.6. The molecule has 4 aromatic rings. The molecule has 4 rings (SSSR count). The van der Waals surface area contributed by atoms with E-state index in [1.807, 2.05) is 30.3 Å². The Morgan fingerprint density at radius 2 is 1.87 bits per heavy atom. The fourth-order valence-electron chi connectivity index (χ4n) is 3.07. The van der Waals surface area contributed by atoms with Crippen molar-refractivity contribution in [1.82, 2.24) is 19.5 Å². The topological polar surface area (TPSA) is 102 Å². The van der Waals surface area contributed by atoms with Gasteiger partial charge in [0.25, 0.3) is 0 Å². The highest BCUT2D eigenvalue weighted by Gasteiger charge is 2.34. The number of fused-ring (bicyclic) bond motifs is 1. The van der Waals surface area contributed by atoms with E-state index >= 15 is 0 Å². The maximum Gasteiger partial charge on any atom is 0.433 e. The first-order valence-electron chi connectivity index (χ1n) is 9.00. The monoisotopic (exact) mass is 414 g/mol. The summed E-state index contributed by atoms with van der Waals surface area (Å²) in [6, 6.07) is 14.1. The lowest BCUT2D eigenvalue weighted by molar-refractivity contribution is -0.141. The number of hydrogen-bond donors (Lipinski definition) is 3. The van der Waals surface area contributed by atoms with Crippen LogP contribution in [0, 0.1) is 0 Å². The van der Waals surface area contributed by atoms with Crippen molar-refractivity contribution >= 4 is 22.7 Å². The summed E-state index contributed by atoms with van der Waals surface area (Å²) in [4.78, 5) is 22.4. The second-order valence-electron chi connectivity index (χ2n) is 6.69. The van der Waals surface area contributed by atoms with E-state index in [0.29, 0.717) is 17.9 Å². The third-order valence-corrected chi connectivity index (χ3v) is 4.57. The number of aromatic amines is 1. The molecule has 0 aliphatic heterocycles. The third kappa shape index (κ3) is 3.97. The molecule has 30 heavy (non-hydrogen) atoms. The van der Waals surface area contributed by atoms with Gasteiger partial charge in [-0.25, -0.2) is 14.8 Å². The van der Waals surface area contributed by atoms with Gasteiger partial charge in [0.2, 0.25) is 0 Å². The number of nitrogens with zero attached hydrogens (tertiary/aromatic N) is 3. The number of nitrogen functional groups attached to an aromatic ring is 1. The van der Waals surface area contributed by atoms with E-state index in [1.54, 1.807) is 18.3 Å². The first-order valence-corrected chi connectivity index (χ1v) is 9.00. The lowest BCUT2D eigenvalue weighted by atomic mass is 10.2. The summed E-state index contributed by atoms with van der Waals surface area (Å²) in [5, 5.41) is 3.18. The molecule has 0 atom stereocenters. The minimum atomic E-state index is -4.67. The second kappa shape index (κ2) is 7.54. The van der Waals surface area contributed by atoms with Crippen molar-refractivity contribution in [3.63, 3.8) is 0 Å². The van der Waals surface area contributed by atoms with Crippen LogP contribution in [0.25, 0.3) is 11.0 Å². The Kier molecular flexibility index (Phi) is 4.90. The Morgan fingerprint density at radius 3 is 2.53 bits per heavy atom. The van der Waals surface area contributed by atoms with E-state index in [4.69, 9.17) is 5.73 Å². The lowest BCUT2D eigenvalue weighted by Gasteiger charge is -2.09. The number of hydrogen-bond acceptors (Lipinski definition) is 5. The van der Waals surface area contributed by atoms with Crippen LogP contribution in [0.15, 0.2) is 59.5 Å². The van der Waals surface area contributed by atoms with Crippen molar-refractivity contribution < 1.29 is 13.2 Å². The number of benzene rings is 1. The summed E-state index contributed by atoms with van der Waals surface area (Å²) in [6.45, 7) is 0.632. The van der Waals surface area contributed by atoms with Crippen molar-refractivity contribution in [1.29, 1.82) is 0 Å². The van der Waals surface area contributed by atoms with Crippen molar-refractivity contribution in [2.75, 3.05) is 11.1 Å². The minimum Gasteiger partial charge on any atom is -0.382 e. The average molecular weight is 414 g/mol. The van der Waals surface area contributed by atoms with Gasteiger partial charge in [-0.05, 0) is 23.3 Å². The molecule has 3 aromatic heterocycles. The summed E-state index contributed by atoms with van der Waals surface area (Å²) in [6.07, 6.45) is -3.11. The third-order valence-electron chi connectivity index (χ3n) is 4.57. The summed E-state index contributed by atoms with van der Waals surface area (Å²) < 4.78 is 40.4. The molecule has 10 heteroatoms. The van der Waals surface area contributed by atoms with Crippen molar-refractivity contribution in [2.45, 2.75) is 19.3 Å². The fourth-order valence-corrected chi connectivity index (χ4v) is 3.07. The minimum absolute atomic E-state index is 0.0333. The van der Waals surface area contributed by atoms with Crippen LogP contribution in [-0.2, 0) is 19.3 Å². The molecule has 0 fully saturated rings. The summed E-state index contributed by atoms with van der Waals surface area (Å²) >= 11 is 0. The number of H-pyrrole nitrogens is 1. The molecule has 3 heterocycles. The quantitative estimate of drug-likeness (QED) is 0.465. The number of imidazole rings is 1. The maximum atomic E-state index is 13.1. The number of nitrogens with one attached hydrogen (secondary N) is 2. The first kappa shape index (κ1) is 19.5. The molecule has 0 spiro atoms. The van der Waals surface area contributed by atoms with E-state index in [2.05, 4.69) is 20.3 Å². The Morgan fingerprint density at radius 1 is 1.10 bits per heavy atom. The fraction of sp³-hybridized carbons (Fsp3) is 0.150. The molecule has 1 aromatic carbocycles. The van der Waals surface area contributed by atoms with Gasteiger partial charge < -0.3 is 16.0 Å². The number of rotatable bonds is 5. The molecule has 0 radical (unpaired) electrons. The number of halogens is 3. The lowest BCUT2D eigenvalue weighted by Crippen LogP contribution is -2.17. The highest BCUT2D eigenvalue weighted by atomic mass is 19.4. The number of anilines is 2. The zero-order valence-corrected chi connectivity index (χ0v) is 15.6. The summed E-state index contributed by atoms with van der Waals surface area (Å²) in [5.74, 6) is 0.260. The molecule has 0 amide bonds. The number of alkyl halides is 3. The maximum absolute atomic E-state index is 13.1. The van der Waals surface area contributed by atoms with Crippen LogP contribution in [0.5, 0.6) is 0 Å². The van der Waals surface area contributed by atoms with Crippen LogP contribution in [0.1, 0.15) is 16.8 Å². The number of nitrogens with two attached hydrogens (primary N) is 1. The van der Waals surface area contributed by atoms with Crippen LogP contribution in [0.3, 0.4) is 0 Å². The Labute approximate surface area is 168 Å². The van der Waals surface area contributed by atoms with Gasteiger partial charge in [-0.15, -0.1) is 0 Å². The van der Waals surface area contributed by atoms with Crippen molar-refractivity contribution in [3.05, 3.63) is 82.0 Å². The van der Waals surface area contributed by atoms with Crippen LogP contribution in [0.2, 0.25) is 0 Å². The molecule has 0 saturated heterocycles. The van der Waals surface area contributed by atoms with E-state index in [0.717, 1.165) is 11.6 Å². The van der Waals surface area contributed by atoms with Gasteiger partial charge in [0.15, 0.2) is 0 Å². The van der Waals surface area contributed by atoms with E-state index < -0.39 is 17.6 Å². The van der Waals surface area contributed by atoms with Crippen molar-refractivity contribution in [2.24, 2.45) is 0 Å². The Hall–Kier alpha value is -3.82. The molecule has 7 nitrogen and oxygen atoms in total. The summed E-state index contributed by atoms with van der Waals surface area (Å²) in [7, 11) is 0. The zero-order chi connectivity index (χ0) is 21.3. The smallest absolute Gasteiger partial charge is 0.382 e. The van der Waals surface area contributed by atoms with Gasteiger partial charge in [0.05, 0.1) is 12.1 Å². The summed E-state index contributed by atoms with van der Waals surface area (Å²) in [5.41, 5.74) is 5.73. The van der Waals surface area contributed by atoms with Crippen LogP contribution in [0.4, 0.5) is 24.8 Å². The standard InChI is InChI=1S/C20H17F3N6O/c21-20(22,23)15-8-14-17(18(24)27-15)28-19(30)29(14)11-13-6-7-16(26-10-13)25-9-12-4-2-1-3-5-12/h1-8,10H,9,11H2,(H2,24,27)(H,25,26)(H,28,30). The molecule has 0 aliphatic rings. The second-order valence-corrected chi connectivity index (χ2v) is 6.69. The predicted octanol–water partition coefficient (Wildman–Crippen LogP) is 3.38. The molecule has 4 N–H and O–H groups in total. The van der Waals surface area contributed by atoms with Gasteiger partial charge in [-0.3, -0.25) is 4.57 Å². The Balaban J connectivity index is 1.57. The highest BCUT2D eigenvalue weighted by molar-refractivity contribution is 5.85. The van der Waals surface area contributed by atoms with E-state index in [9.17, 15) is 18.0 Å². The molecule has 0 unspecified atom stereocenters. The highest BCUT2D eigenvalue weighted by Crippen LogP contribution is 2.31. The van der Waals surface area contributed by atoms with Crippen LogP contribution < -0.4 is 16.7 Å². The molecule has 0 bridgehead atoms. The normalized spacial score (nSPS) is 11.7. The van der Waals surface area contributed by atoms with Gasteiger partial charge in [-0.1, -0.05) is 36.4 Å². The van der Waals surface area contributed by atoms with Gasteiger partial charge >= 0.3 is 11.9 Å². The SMILES string of the molecule is Nc1nc(C(F)(F)F)cc2c1[nH]c(=O)n2Cc1ccc(NCc2ccccc2)nc1. The molecular formula is C20H17F3N6O. The number of aromatic nitrogens is 4. The molecule has 0 aliphatic carbocycles. The largest absolute Gasteiger partial charge is 0.433 e. The molecule has 154 valence electrons. The average Bonchev–Trinajstić information content (AvgIpc) is 3.04. The molecule has 0 saturated carbocycles. The van der Waals surface area contributed by atoms with Gasteiger partial charge in [0, 0.05) is 12.7 Å². The first-order chi connectivity index (χ1) is 14.3. The van der Waals surface area contributed by atoms with Crippen molar-refractivity contribution in [3.8, 4) is 0 Å². The van der Waals surface area contributed by atoms with E-state index in [-0.39, 0.29) is 23.4 Å². The van der Waals surface area contributed by atoms with Gasteiger partial charge in [-0.2, -0.15) is 13.2 Å². The van der Waals surface area contributed by atoms with Gasteiger partial charge in [0.1, 0.15) is 22.8 Å².